The summed E-state index contributed by atoms with van der Waals surface area (Å²) in [5.74, 6) is 1.01. The lowest BCUT2D eigenvalue weighted by atomic mass is 9.74. The molecule has 0 aromatic heterocycles. The zero-order valence-electron chi connectivity index (χ0n) is 14.0. The Morgan fingerprint density at radius 3 is 2.33 bits per heavy atom. The number of hydrogen-bond donors (Lipinski definition) is 1. The van der Waals surface area contributed by atoms with Crippen LogP contribution in [0.3, 0.4) is 0 Å². The molecule has 2 radical (unpaired) electrons. The van der Waals surface area contributed by atoms with Crippen molar-refractivity contribution in [3.8, 4) is 5.75 Å². The van der Waals surface area contributed by atoms with Gasteiger partial charge in [-0.3, -0.25) is 0 Å². The van der Waals surface area contributed by atoms with E-state index in [1.807, 2.05) is 0 Å². The molecule has 0 amide bonds. The van der Waals surface area contributed by atoms with Crippen LogP contribution in [0.25, 0.3) is 5.57 Å². The number of hydrogen-bond acceptors (Lipinski definition) is 1. The minimum Gasteiger partial charge on any atom is -0.507 e. The number of fused-ring (bicyclic) bond motifs is 1. The average molecular weight is 284 g/mol. The average Bonchev–Trinajstić information content (AvgIpc) is 2.52. The first-order valence-electron chi connectivity index (χ1n) is 8.57. The molecule has 0 saturated carbocycles. The first-order chi connectivity index (χ1) is 10.1. The Morgan fingerprint density at radius 1 is 1.14 bits per heavy atom. The largest absolute Gasteiger partial charge is 0.507 e. The molecule has 0 fully saturated rings. The van der Waals surface area contributed by atoms with Crippen LogP contribution in [0.15, 0.2) is 0 Å². The number of phenolic OH excluding ortho intramolecular Hbond substituents is 1. The zero-order chi connectivity index (χ0) is 15.6. The summed E-state index contributed by atoms with van der Waals surface area (Å²) in [4.78, 5) is 0. The van der Waals surface area contributed by atoms with Crippen LogP contribution < -0.4 is 0 Å². The molecule has 0 saturated heterocycles. The number of benzene rings is 1. The molecule has 114 valence electrons. The molecule has 21 heavy (non-hydrogen) atoms. The Kier molecular flexibility index (Phi) is 5.13. The van der Waals surface area contributed by atoms with E-state index in [-0.39, 0.29) is 0 Å². The first-order valence-corrected chi connectivity index (χ1v) is 8.57. The fourth-order valence-corrected chi connectivity index (χ4v) is 4.01. The van der Waals surface area contributed by atoms with Crippen LogP contribution >= 0.6 is 0 Å². The van der Waals surface area contributed by atoms with Gasteiger partial charge in [0.2, 0.25) is 0 Å². The van der Waals surface area contributed by atoms with Crippen LogP contribution in [-0.2, 0) is 19.3 Å². The van der Waals surface area contributed by atoms with Gasteiger partial charge in [-0.05, 0) is 85.3 Å². The van der Waals surface area contributed by atoms with Crippen molar-refractivity contribution in [2.75, 3.05) is 0 Å². The Morgan fingerprint density at radius 2 is 1.81 bits per heavy atom. The Labute approximate surface area is 130 Å². The molecule has 0 bridgehead atoms. The molecular formula is C20H28O. The van der Waals surface area contributed by atoms with Crippen LogP contribution in [0.1, 0.15) is 87.1 Å². The van der Waals surface area contributed by atoms with Crippen molar-refractivity contribution in [3.05, 3.63) is 34.4 Å². The highest BCUT2D eigenvalue weighted by Gasteiger charge is 2.29. The molecule has 1 unspecified atom stereocenters. The summed E-state index contributed by atoms with van der Waals surface area (Å²) in [5.41, 5.74) is 6.68. The highest BCUT2D eigenvalue weighted by molar-refractivity contribution is 5.74. The molecule has 0 spiro atoms. The van der Waals surface area contributed by atoms with Crippen LogP contribution in [0, 0.1) is 6.58 Å². The number of aromatic hydroxyl groups is 1. The first kappa shape index (κ1) is 16.1. The zero-order valence-corrected chi connectivity index (χ0v) is 14.0. The van der Waals surface area contributed by atoms with Gasteiger partial charge in [-0.2, -0.15) is 0 Å². The highest BCUT2D eigenvalue weighted by atomic mass is 16.3. The third-order valence-corrected chi connectivity index (χ3v) is 5.08. The summed E-state index contributed by atoms with van der Waals surface area (Å²) in [6.07, 6.45) is 6.97. The van der Waals surface area contributed by atoms with Gasteiger partial charge in [-0.25, -0.2) is 0 Å². The summed E-state index contributed by atoms with van der Waals surface area (Å²) in [6.45, 7) is 17.0. The maximum atomic E-state index is 10.9. The Hall–Kier alpha value is -1.24. The molecule has 1 aliphatic carbocycles. The van der Waals surface area contributed by atoms with Crippen molar-refractivity contribution >= 4 is 5.57 Å². The maximum absolute atomic E-state index is 10.9. The van der Waals surface area contributed by atoms with Gasteiger partial charge >= 0.3 is 0 Å². The van der Waals surface area contributed by atoms with Gasteiger partial charge in [0.15, 0.2) is 0 Å². The standard InChI is InChI=1S/C20H28O/c1-6-13(5)18-15(8-3)16(9-4)20(21)19-14(7-2)11-10-12-17(18)19/h14,21H,6-12H2,1-4H3. The number of phenols is 1. The van der Waals surface area contributed by atoms with E-state index in [1.165, 1.54) is 35.1 Å². The second-order valence-corrected chi connectivity index (χ2v) is 6.11. The molecule has 1 heteroatoms. The maximum Gasteiger partial charge on any atom is 0.122 e. The van der Waals surface area contributed by atoms with E-state index in [2.05, 4.69) is 27.7 Å². The lowest BCUT2D eigenvalue weighted by Gasteiger charge is -2.31. The second-order valence-electron chi connectivity index (χ2n) is 6.11. The van der Waals surface area contributed by atoms with Crippen LogP contribution in [0.2, 0.25) is 0 Å². The molecule has 1 aromatic rings. The minimum absolute atomic E-state index is 0.466. The van der Waals surface area contributed by atoms with Crippen LogP contribution in [0.4, 0.5) is 0 Å². The molecule has 1 nitrogen and oxygen atoms in total. The highest BCUT2D eigenvalue weighted by Crippen LogP contribution is 2.46. The van der Waals surface area contributed by atoms with E-state index >= 15 is 0 Å². The van der Waals surface area contributed by atoms with Gasteiger partial charge < -0.3 is 5.11 Å². The molecule has 1 aliphatic rings. The van der Waals surface area contributed by atoms with Gasteiger partial charge in [-0.1, -0.05) is 27.7 Å². The van der Waals surface area contributed by atoms with Crippen LogP contribution in [0.5, 0.6) is 5.75 Å². The number of allylic oxidation sites excluding steroid dienone is 1. The van der Waals surface area contributed by atoms with Gasteiger partial charge in [0, 0.05) is 5.56 Å². The topological polar surface area (TPSA) is 20.2 Å². The fourth-order valence-electron chi connectivity index (χ4n) is 4.01. The van der Waals surface area contributed by atoms with Crippen molar-refractivity contribution in [3.63, 3.8) is 0 Å². The third-order valence-electron chi connectivity index (χ3n) is 5.08. The summed E-state index contributed by atoms with van der Waals surface area (Å²) >= 11 is 0. The van der Waals surface area contributed by atoms with E-state index < -0.39 is 0 Å². The van der Waals surface area contributed by atoms with Gasteiger partial charge in [0.1, 0.15) is 5.75 Å². The van der Waals surface area contributed by atoms with Crippen molar-refractivity contribution < 1.29 is 5.11 Å². The van der Waals surface area contributed by atoms with Gasteiger partial charge in [0.25, 0.3) is 0 Å². The van der Waals surface area contributed by atoms with Gasteiger partial charge in [0.05, 0.1) is 0 Å². The quantitative estimate of drug-likeness (QED) is 0.762. The van der Waals surface area contributed by atoms with E-state index in [1.54, 1.807) is 0 Å². The molecule has 2 rings (SSSR count). The van der Waals surface area contributed by atoms with Crippen molar-refractivity contribution in [1.29, 1.82) is 0 Å². The van der Waals surface area contributed by atoms with Gasteiger partial charge in [-0.15, -0.1) is 0 Å². The fraction of sp³-hybridized carbons (Fsp3) is 0.600. The summed E-state index contributed by atoms with van der Waals surface area (Å²) in [7, 11) is 0. The third kappa shape index (κ3) is 2.63. The normalized spacial score (nSPS) is 17.6. The van der Waals surface area contributed by atoms with E-state index in [0.29, 0.717) is 11.7 Å². The van der Waals surface area contributed by atoms with Crippen LogP contribution in [-0.4, -0.2) is 5.11 Å². The molecule has 0 heterocycles. The summed E-state index contributed by atoms with van der Waals surface area (Å²) in [5, 5.41) is 10.9. The Bertz CT molecular complexity index is 540. The minimum atomic E-state index is 0.466. The lowest BCUT2D eigenvalue weighted by molar-refractivity contribution is 0.435. The summed E-state index contributed by atoms with van der Waals surface area (Å²) < 4.78 is 0. The SMILES string of the molecule is [C]=C(CC)c1c(CC)c(CC)c(O)c2c1CCCC2CC. The van der Waals surface area contributed by atoms with Crippen molar-refractivity contribution in [1.82, 2.24) is 0 Å². The predicted octanol–water partition coefficient (Wildman–Crippen LogP) is 5.45. The number of rotatable bonds is 5. The molecular weight excluding hydrogens is 256 g/mol. The van der Waals surface area contributed by atoms with E-state index in [4.69, 9.17) is 6.58 Å². The monoisotopic (exact) mass is 284 g/mol. The van der Waals surface area contributed by atoms with Crippen molar-refractivity contribution in [2.45, 2.75) is 78.6 Å². The Balaban J connectivity index is 2.82. The summed E-state index contributed by atoms with van der Waals surface area (Å²) in [6, 6.07) is 0. The smallest absolute Gasteiger partial charge is 0.122 e. The molecule has 1 aromatic carbocycles. The lowest BCUT2D eigenvalue weighted by Crippen LogP contribution is -2.15. The molecule has 1 atom stereocenters. The second kappa shape index (κ2) is 6.68. The van der Waals surface area contributed by atoms with E-state index in [0.717, 1.165) is 43.2 Å². The molecule has 1 N–H and O–H groups in total. The van der Waals surface area contributed by atoms with E-state index in [9.17, 15) is 5.11 Å². The predicted molar refractivity (Wildman–Crippen MR) is 89.8 cm³/mol. The van der Waals surface area contributed by atoms with Crippen molar-refractivity contribution in [2.24, 2.45) is 0 Å². The molecule has 0 aliphatic heterocycles.